The van der Waals surface area contributed by atoms with E-state index in [9.17, 15) is 5.11 Å². The van der Waals surface area contributed by atoms with Gasteiger partial charge in [0.15, 0.2) is 0 Å². The molecule has 1 N–H and O–H groups in total. The van der Waals surface area contributed by atoms with Crippen molar-refractivity contribution in [1.29, 1.82) is 0 Å². The van der Waals surface area contributed by atoms with E-state index < -0.39 is 6.10 Å². The summed E-state index contributed by atoms with van der Waals surface area (Å²) >= 11 is 12.2. The van der Waals surface area contributed by atoms with Crippen molar-refractivity contribution in [2.75, 3.05) is 6.61 Å². The highest BCUT2D eigenvalue weighted by Crippen LogP contribution is 2.36. The monoisotopic (exact) mass is 308 g/mol. The molecule has 0 saturated heterocycles. The maximum atomic E-state index is 10.4. The lowest BCUT2D eigenvalue weighted by molar-refractivity contribution is 0.177. The van der Waals surface area contributed by atoms with E-state index >= 15 is 0 Å². The Balaban J connectivity index is 1.90. The number of halogens is 2. The van der Waals surface area contributed by atoms with Gasteiger partial charge in [-0.05, 0) is 34.9 Å². The molecule has 4 heteroatoms. The maximum Gasteiger partial charge on any atom is 0.126 e. The SMILES string of the molecule is OC(Cc1cc(Cl)cc2c1OCC2)c1ccccc1Cl. The molecule has 0 aromatic heterocycles. The van der Waals surface area contributed by atoms with E-state index in [4.69, 9.17) is 27.9 Å². The second kappa shape index (κ2) is 5.65. The molecule has 2 aromatic rings. The number of hydrogen-bond donors (Lipinski definition) is 1. The van der Waals surface area contributed by atoms with Crippen LogP contribution in [0.1, 0.15) is 22.8 Å². The van der Waals surface area contributed by atoms with Gasteiger partial charge in [0.25, 0.3) is 0 Å². The number of aliphatic hydroxyl groups excluding tert-OH is 1. The van der Waals surface area contributed by atoms with E-state index in [-0.39, 0.29) is 0 Å². The summed E-state index contributed by atoms with van der Waals surface area (Å²) in [5.41, 5.74) is 2.76. The molecule has 2 aromatic carbocycles. The number of rotatable bonds is 3. The van der Waals surface area contributed by atoms with Gasteiger partial charge in [-0.15, -0.1) is 0 Å². The van der Waals surface area contributed by atoms with Crippen molar-refractivity contribution in [1.82, 2.24) is 0 Å². The molecule has 0 spiro atoms. The lowest BCUT2D eigenvalue weighted by Crippen LogP contribution is -2.04. The van der Waals surface area contributed by atoms with Gasteiger partial charge in [-0.3, -0.25) is 0 Å². The van der Waals surface area contributed by atoms with Crippen LogP contribution < -0.4 is 4.74 Å². The molecule has 0 saturated carbocycles. The Kier molecular flexibility index (Phi) is 3.88. The summed E-state index contributed by atoms with van der Waals surface area (Å²) in [6, 6.07) is 11.1. The van der Waals surface area contributed by atoms with Crippen molar-refractivity contribution in [3.63, 3.8) is 0 Å². The van der Waals surface area contributed by atoms with Crippen LogP contribution in [0.25, 0.3) is 0 Å². The number of benzene rings is 2. The molecule has 0 aliphatic carbocycles. The zero-order valence-corrected chi connectivity index (χ0v) is 12.3. The first-order valence-electron chi connectivity index (χ1n) is 6.52. The van der Waals surface area contributed by atoms with Crippen LogP contribution in [0.3, 0.4) is 0 Å². The second-order valence-corrected chi connectivity index (χ2v) is 5.74. The zero-order valence-electron chi connectivity index (χ0n) is 10.8. The van der Waals surface area contributed by atoms with Gasteiger partial charge >= 0.3 is 0 Å². The van der Waals surface area contributed by atoms with Gasteiger partial charge in [0.1, 0.15) is 5.75 Å². The van der Waals surface area contributed by atoms with Crippen molar-refractivity contribution in [3.8, 4) is 5.75 Å². The minimum atomic E-state index is -0.671. The van der Waals surface area contributed by atoms with Gasteiger partial charge < -0.3 is 9.84 Å². The highest BCUT2D eigenvalue weighted by Gasteiger charge is 2.21. The highest BCUT2D eigenvalue weighted by atomic mass is 35.5. The van der Waals surface area contributed by atoms with E-state index in [1.165, 1.54) is 0 Å². The molecule has 0 fully saturated rings. The van der Waals surface area contributed by atoms with Crippen LogP contribution in [0.15, 0.2) is 36.4 Å². The van der Waals surface area contributed by atoms with Crippen LogP contribution in [0.2, 0.25) is 10.0 Å². The molecule has 1 heterocycles. The molecule has 1 aliphatic heterocycles. The van der Waals surface area contributed by atoms with Crippen molar-refractivity contribution in [2.45, 2.75) is 18.9 Å². The van der Waals surface area contributed by atoms with Gasteiger partial charge in [0.05, 0.1) is 12.7 Å². The van der Waals surface area contributed by atoms with E-state index in [0.717, 1.165) is 28.9 Å². The quantitative estimate of drug-likeness (QED) is 0.920. The fraction of sp³-hybridized carbons (Fsp3) is 0.250. The normalized spacial score (nSPS) is 14.8. The van der Waals surface area contributed by atoms with Crippen molar-refractivity contribution in [3.05, 3.63) is 63.1 Å². The molecular formula is C16H14Cl2O2. The van der Waals surface area contributed by atoms with Crippen molar-refractivity contribution < 1.29 is 9.84 Å². The minimum Gasteiger partial charge on any atom is -0.493 e. The van der Waals surface area contributed by atoms with Crippen LogP contribution in [-0.2, 0) is 12.8 Å². The number of fused-ring (bicyclic) bond motifs is 1. The molecule has 2 nitrogen and oxygen atoms in total. The lowest BCUT2D eigenvalue weighted by atomic mass is 9.99. The second-order valence-electron chi connectivity index (χ2n) is 4.89. The first-order valence-corrected chi connectivity index (χ1v) is 7.27. The third kappa shape index (κ3) is 2.64. The fourth-order valence-electron chi connectivity index (χ4n) is 2.56. The first kappa shape index (κ1) is 13.7. The Labute approximate surface area is 127 Å². The highest BCUT2D eigenvalue weighted by molar-refractivity contribution is 6.31. The van der Waals surface area contributed by atoms with E-state index in [2.05, 4.69) is 0 Å². The van der Waals surface area contributed by atoms with Crippen LogP contribution in [0, 0.1) is 0 Å². The van der Waals surface area contributed by atoms with Crippen molar-refractivity contribution >= 4 is 23.2 Å². The summed E-state index contributed by atoms with van der Waals surface area (Å²) in [5, 5.41) is 11.6. The topological polar surface area (TPSA) is 29.5 Å². The Bertz CT molecular complexity index is 640. The standard InChI is InChI=1S/C16H14Cl2O2/c17-12-7-10-5-6-20-16(10)11(8-12)9-15(19)13-3-1-2-4-14(13)18/h1-4,7-8,15,19H,5-6,9H2. The average Bonchev–Trinajstić information content (AvgIpc) is 2.87. The number of aliphatic hydroxyl groups is 1. The third-order valence-electron chi connectivity index (χ3n) is 3.50. The van der Waals surface area contributed by atoms with Crippen LogP contribution >= 0.6 is 23.2 Å². The van der Waals surface area contributed by atoms with Gasteiger partial charge in [0.2, 0.25) is 0 Å². The molecule has 104 valence electrons. The van der Waals surface area contributed by atoms with Crippen LogP contribution in [0.5, 0.6) is 5.75 Å². The van der Waals surface area contributed by atoms with Gasteiger partial charge in [-0.25, -0.2) is 0 Å². The summed E-state index contributed by atoms with van der Waals surface area (Å²) in [6.45, 7) is 0.671. The summed E-state index contributed by atoms with van der Waals surface area (Å²) in [5.74, 6) is 0.862. The van der Waals surface area contributed by atoms with Crippen LogP contribution in [-0.4, -0.2) is 11.7 Å². The average molecular weight is 309 g/mol. The van der Waals surface area contributed by atoms with E-state index in [1.807, 2.05) is 30.3 Å². The molecule has 1 unspecified atom stereocenters. The molecule has 0 bridgehead atoms. The van der Waals surface area contributed by atoms with Crippen molar-refractivity contribution in [2.24, 2.45) is 0 Å². The third-order valence-corrected chi connectivity index (χ3v) is 4.07. The Hall–Kier alpha value is -1.22. The van der Waals surface area contributed by atoms with E-state index in [0.29, 0.717) is 23.1 Å². The van der Waals surface area contributed by atoms with Crippen LogP contribution in [0.4, 0.5) is 0 Å². The van der Waals surface area contributed by atoms with Gasteiger partial charge in [0, 0.05) is 22.9 Å². The fourth-order valence-corrected chi connectivity index (χ4v) is 3.09. The molecule has 3 rings (SSSR count). The molecule has 0 radical (unpaired) electrons. The Morgan fingerprint density at radius 3 is 2.80 bits per heavy atom. The molecular weight excluding hydrogens is 295 g/mol. The zero-order chi connectivity index (χ0) is 14.1. The molecule has 1 aliphatic rings. The largest absolute Gasteiger partial charge is 0.493 e. The smallest absolute Gasteiger partial charge is 0.126 e. The van der Waals surface area contributed by atoms with Gasteiger partial charge in [-0.2, -0.15) is 0 Å². The predicted octanol–water partition coefficient (Wildman–Crippen LogP) is 4.20. The summed E-state index contributed by atoms with van der Waals surface area (Å²) in [7, 11) is 0. The maximum absolute atomic E-state index is 10.4. The predicted molar refractivity (Wildman–Crippen MR) is 80.8 cm³/mol. The number of hydrogen-bond acceptors (Lipinski definition) is 2. The molecule has 1 atom stereocenters. The first-order chi connectivity index (χ1) is 9.65. The molecule has 20 heavy (non-hydrogen) atoms. The summed E-state index contributed by atoms with van der Waals surface area (Å²) < 4.78 is 5.65. The Morgan fingerprint density at radius 2 is 2.00 bits per heavy atom. The number of ether oxygens (including phenoxy) is 1. The Morgan fingerprint density at radius 1 is 1.20 bits per heavy atom. The summed E-state index contributed by atoms with van der Waals surface area (Å²) in [6.07, 6.45) is 0.632. The molecule has 0 amide bonds. The summed E-state index contributed by atoms with van der Waals surface area (Å²) in [4.78, 5) is 0. The lowest BCUT2D eigenvalue weighted by Gasteiger charge is -2.15. The van der Waals surface area contributed by atoms with Gasteiger partial charge in [-0.1, -0.05) is 41.4 Å². The minimum absolute atomic E-state index is 0.437. The van der Waals surface area contributed by atoms with E-state index in [1.54, 1.807) is 6.07 Å².